The van der Waals surface area contributed by atoms with E-state index < -0.39 is 0 Å². The lowest BCUT2D eigenvalue weighted by molar-refractivity contribution is -0.655. The summed E-state index contributed by atoms with van der Waals surface area (Å²) in [5, 5.41) is 9.61. The van der Waals surface area contributed by atoms with E-state index in [2.05, 4.69) is 82.8 Å². The molecule has 3 aromatic carbocycles. The normalized spacial score (nSPS) is 10.7. The minimum absolute atomic E-state index is 0. The van der Waals surface area contributed by atoms with Gasteiger partial charge in [0.25, 0.3) is 0 Å². The van der Waals surface area contributed by atoms with E-state index in [0.29, 0.717) is 13.0 Å². The number of nitrogens with one attached hydrogen (secondary N) is 2. The first kappa shape index (κ1) is 21.5. The molecule has 0 saturated carbocycles. The summed E-state index contributed by atoms with van der Waals surface area (Å²) >= 11 is 0. The number of hydrogen-bond donors (Lipinski definition) is 2. The molecule has 1 aromatic heterocycles. The second-order valence-corrected chi connectivity index (χ2v) is 7.14. The first-order valence-corrected chi connectivity index (χ1v) is 10.1. The van der Waals surface area contributed by atoms with Crippen molar-refractivity contribution in [3.8, 4) is 11.3 Å². The lowest BCUT2D eigenvalue weighted by Gasteiger charge is -2.13. The molecule has 0 aliphatic heterocycles. The first-order valence-electron chi connectivity index (χ1n) is 10.1. The maximum atomic E-state index is 12.2. The van der Waals surface area contributed by atoms with Gasteiger partial charge in [-0.15, -0.1) is 0 Å². The summed E-state index contributed by atoms with van der Waals surface area (Å²) in [4.78, 5) is 12.2. The van der Waals surface area contributed by atoms with Crippen LogP contribution in [0.15, 0.2) is 72.8 Å². The van der Waals surface area contributed by atoms with Crippen molar-refractivity contribution < 1.29 is 9.36 Å². The largest absolute Gasteiger partial charge is 0.326 e. The molecule has 4 rings (SSSR count). The second-order valence-electron chi connectivity index (χ2n) is 7.14. The Balaban J connectivity index is 0.00000256. The fourth-order valence-corrected chi connectivity index (χ4v) is 3.95. The topological polar surface area (TPSA) is 45.0 Å². The van der Waals surface area contributed by atoms with Crippen LogP contribution in [-0.2, 0) is 11.3 Å². The number of amides is 1. The van der Waals surface area contributed by atoms with Crippen LogP contribution in [0.5, 0.6) is 0 Å². The van der Waals surface area contributed by atoms with Crippen LogP contribution in [0.1, 0.15) is 20.8 Å². The lowest BCUT2D eigenvalue weighted by atomic mass is 9.98. The Kier molecular flexibility index (Phi) is 6.80. The zero-order valence-corrected chi connectivity index (χ0v) is 16.9. The van der Waals surface area contributed by atoms with Gasteiger partial charge in [-0.2, -0.15) is 4.57 Å². The van der Waals surface area contributed by atoms with Crippen molar-refractivity contribution in [1.82, 2.24) is 5.32 Å². The van der Waals surface area contributed by atoms with Crippen molar-refractivity contribution in [1.29, 1.82) is 0 Å². The molecule has 4 aromatic rings. The average Bonchev–Trinajstić information content (AvgIpc) is 2.77. The fraction of sp³-hybridized carbons (Fsp3) is 0.231. The molecular weight excluding hydrogens is 370 g/mol. The Morgan fingerprint density at radius 2 is 1.63 bits per heavy atom. The Morgan fingerprint density at radius 1 is 0.900 bits per heavy atom. The number of para-hydroxylation sites is 1. The SMILES string of the molecule is C.CC[n+]1c(-c2ccccc2)c2cc(NC(=O)CCNC)ccc2c2ccccc21. The average molecular weight is 401 g/mol. The van der Waals surface area contributed by atoms with Gasteiger partial charge in [0, 0.05) is 35.7 Å². The van der Waals surface area contributed by atoms with Gasteiger partial charge in [-0.3, -0.25) is 4.79 Å². The third-order valence-electron chi connectivity index (χ3n) is 5.28. The number of hydrogen-bond acceptors (Lipinski definition) is 2. The van der Waals surface area contributed by atoms with Crippen LogP contribution in [0.25, 0.3) is 32.9 Å². The van der Waals surface area contributed by atoms with Crippen molar-refractivity contribution in [2.45, 2.75) is 27.3 Å². The predicted octanol–water partition coefficient (Wildman–Crippen LogP) is 5.15. The zero-order valence-electron chi connectivity index (χ0n) is 16.9. The van der Waals surface area contributed by atoms with Crippen molar-refractivity contribution in [2.24, 2.45) is 0 Å². The van der Waals surface area contributed by atoms with E-state index in [1.807, 2.05) is 19.2 Å². The van der Waals surface area contributed by atoms with Crippen LogP contribution in [0.3, 0.4) is 0 Å². The van der Waals surface area contributed by atoms with Crippen LogP contribution >= 0.6 is 0 Å². The molecule has 0 unspecified atom stereocenters. The zero-order chi connectivity index (χ0) is 20.2. The van der Waals surface area contributed by atoms with Crippen LogP contribution in [0.2, 0.25) is 0 Å². The van der Waals surface area contributed by atoms with Crippen molar-refractivity contribution in [3.63, 3.8) is 0 Å². The van der Waals surface area contributed by atoms with Crippen LogP contribution < -0.4 is 15.2 Å². The maximum Gasteiger partial charge on any atom is 0.225 e. The van der Waals surface area contributed by atoms with Gasteiger partial charge in [-0.25, -0.2) is 0 Å². The molecule has 0 radical (unpaired) electrons. The molecule has 0 atom stereocenters. The molecule has 154 valence electrons. The van der Waals surface area contributed by atoms with Crippen molar-refractivity contribution >= 4 is 33.3 Å². The summed E-state index contributed by atoms with van der Waals surface area (Å²) < 4.78 is 2.36. The highest BCUT2D eigenvalue weighted by molar-refractivity contribution is 6.10. The number of carbonyl (C=O) groups excluding carboxylic acids is 1. The maximum absolute atomic E-state index is 12.2. The summed E-state index contributed by atoms with van der Waals surface area (Å²) in [7, 11) is 1.85. The van der Waals surface area contributed by atoms with Gasteiger partial charge in [-0.05, 0) is 44.3 Å². The molecule has 0 saturated heterocycles. The van der Waals surface area contributed by atoms with Crippen LogP contribution in [0, 0.1) is 0 Å². The third-order valence-corrected chi connectivity index (χ3v) is 5.28. The predicted molar refractivity (Wildman–Crippen MR) is 127 cm³/mol. The summed E-state index contributed by atoms with van der Waals surface area (Å²) in [6.45, 7) is 3.70. The highest BCUT2D eigenvalue weighted by atomic mass is 16.1. The highest BCUT2D eigenvalue weighted by Crippen LogP contribution is 2.33. The number of carbonyl (C=O) groups is 1. The van der Waals surface area contributed by atoms with E-state index in [9.17, 15) is 4.79 Å². The minimum atomic E-state index is 0. The van der Waals surface area contributed by atoms with E-state index >= 15 is 0 Å². The molecule has 1 heterocycles. The Labute approximate surface area is 178 Å². The van der Waals surface area contributed by atoms with Crippen LogP contribution in [-0.4, -0.2) is 19.5 Å². The van der Waals surface area contributed by atoms with Crippen molar-refractivity contribution in [3.05, 3.63) is 72.8 Å². The Bertz CT molecular complexity index is 1170. The molecule has 1 amide bonds. The smallest absolute Gasteiger partial charge is 0.225 e. The Morgan fingerprint density at radius 3 is 2.37 bits per heavy atom. The monoisotopic (exact) mass is 400 g/mol. The molecule has 4 nitrogen and oxygen atoms in total. The minimum Gasteiger partial charge on any atom is -0.326 e. The van der Waals surface area contributed by atoms with Gasteiger partial charge >= 0.3 is 0 Å². The van der Waals surface area contributed by atoms with Gasteiger partial charge < -0.3 is 10.6 Å². The van der Waals surface area contributed by atoms with Gasteiger partial charge in [-0.1, -0.05) is 43.8 Å². The number of rotatable bonds is 6. The number of pyridine rings is 1. The third kappa shape index (κ3) is 4.05. The molecule has 0 aliphatic carbocycles. The molecule has 2 N–H and O–H groups in total. The summed E-state index contributed by atoms with van der Waals surface area (Å²) in [5.41, 5.74) is 4.39. The highest BCUT2D eigenvalue weighted by Gasteiger charge is 2.22. The van der Waals surface area contributed by atoms with Gasteiger partial charge in [0.1, 0.15) is 6.54 Å². The number of aryl methyl sites for hydroxylation is 1. The number of nitrogens with zero attached hydrogens (tertiary/aromatic N) is 1. The molecule has 0 fully saturated rings. The molecule has 30 heavy (non-hydrogen) atoms. The molecular formula is C26H30N3O+. The lowest BCUT2D eigenvalue weighted by Crippen LogP contribution is -2.36. The van der Waals surface area contributed by atoms with E-state index in [1.165, 1.54) is 27.5 Å². The van der Waals surface area contributed by atoms with Gasteiger partial charge in [0.05, 0.1) is 10.8 Å². The van der Waals surface area contributed by atoms with Gasteiger partial charge in [0.15, 0.2) is 0 Å². The quantitative estimate of drug-likeness (QED) is 0.347. The molecule has 0 bridgehead atoms. The molecule has 0 spiro atoms. The molecule has 4 heteroatoms. The standard InChI is InChI=1S/C25H25N3O.CH4/c1-3-28-23-12-8-7-11-21(23)20-14-13-19(27-24(29)15-16-26-2)17-22(20)25(28)18-9-5-4-6-10-18;/h4-14,17,26H,3,15-16H2,1-2H3;1H4/p+1. The second kappa shape index (κ2) is 9.51. The summed E-state index contributed by atoms with van der Waals surface area (Å²) in [6.07, 6.45) is 0.451. The number of benzene rings is 3. The van der Waals surface area contributed by atoms with E-state index in [4.69, 9.17) is 0 Å². The molecule has 0 aliphatic rings. The Hall–Kier alpha value is -3.24. The van der Waals surface area contributed by atoms with Gasteiger partial charge in [0.2, 0.25) is 17.1 Å². The first-order chi connectivity index (χ1) is 14.2. The summed E-state index contributed by atoms with van der Waals surface area (Å²) in [6, 6.07) is 25.2. The van der Waals surface area contributed by atoms with E-state index in [-0.39, 0.29) is 13.3 Å². The number of anilines is 1. The number of aromatic nitrogens is 1. The van der Waals surface area contributed by atoms with Crippen molar-refractivity contribution in [2.75, 3.05) is 18.9 Å². The van der Waals surface area contributed by atoms with E-state index in [1.54, 1.807) is 0 Å². The summed E-state index contributed by atoms with van der Waals surface area (Å²) in [5.74, 6) is 0.0177. The van der Waals surface area contributed by atoms with Crippen LogP contribution in [0.4, 0.5) is 5.69 Å². The fourth-order valence-electron chi connectivity index (χ4n) is 3.95. The number of fused-ring (bicyclic) bond motifs is 3. The van der Waals surface area contributed by atoms with E-state index in [0.717, 1.165) is 17.6 Å².